The van der Waals surface area contributed by atoms with Crippen LogP contribution in [-0.2, 0) is 16.2 Å². The minimum Gasteiger partial charge on any atom is -0.497 e. The molecule has 3 heteroatoms. The van der Waals surface area contributed by atoms with Crippen LogP contribution in [0.4, 0.5) is 0 Å². The average molecular weight is 583 g/mol. The number of fused-ring (bicyclic) bond motifs is 3. The smallest absolute Gasteiger partial charge is 0.123 e. The predicted octanol–water partition coefficient (Wildman–Crippen LogP) is 10.2. The zero-order chi connectivity index (χ0) is 31.3. The molecule has 0 amide bonds. The van der Waals surface area contributed by atoms with Crippen molar-refractivity contribution >= 4 is 13.3 Å². The Kier molecular flexibility index (Phi) is 8.70. The molecule has 42 heavy (non-hydrogen) atoms. The van der Waals surface area contributed by atoms with E-state index in [-0.39, 0.29) is 16.2 Å². The highest BCUT2D eigenvalue weighted by Crippen LogP contribution is 2.53. The molecule has 2 nitrogen and oxygen atoms in total. The molecule has 0 unspecified atom stereocenters. The lowest BCUT2D eigenvalue weighted by molar-refractivity contribution is 0.351. The van der Waals surface area contributed by atoms with Crippen LogP contribution in [0.25, 0.3) is 11.1 Å². The second kappa shape index (κ2) is 11.4. The van der Waals surface area contributed by atoms with E-state index in [1.54, 1.807) is 7.11 Å². The summed E-state index contributed by atoms with van der Waals surface area (Å²) in [6, 6.07) is 21.3. The first-order valence-corrected chi connectivity index (χ1v) is 18.3. The van der Waals surface area contributed by atoms with E-state index in [0.29, 0.717) is 12.1 Å². The van der Waals surface area contributed by atoms with E-state index in [1.165, 1.54) is 44.1 Å². The first kappa shape index (κ1) is 32.1. The van der Waals surface area contributed by atoms with Crippen molar-refractivity contribution in [3.63, 3.8) is 0 Å². The monoisotopic (exact) mass is 582 g/mol. The van der Waals surface area contributed by atoms with E-state index >= 15 is 0 Å². The maximum absolute atomic E-state index is 6.71. The summed E-state index contributed by atoms with van der Waals surface area (Å²) in [5.41, 5.74) is 10.1. The number of methoxy groups -OCH3 is 1. The van der Waals surface area contributed by atoms with Gasteiger partial charge in [0, 0.05) is 11.1 Å². The minimum absolute atomic E-state index is 0.0706. The van der Waals surface area contributed by atoms with Crippen LogP contribution >= 0.6 is 0 Å². The zero-order valence-corrected chi connectivity index (χ0v) is 29.4. The zero-order valence-electron chi connectivity index (χ0n) is 28.4. The van der Waals surface area contributed by atoms with Crippen LogP contribution in [0.15, 0.2) is 61.2 Å². The van der Waals surface area contributed by atoms with Crippen molar-refractivity contribution in [3.8, 4) is 22.6 Å². The van der Waals surface area contributed by atoms with Crippen LogP contribution in [0, 0.1) is 0 Å². The summed E-state index contributed by atoms with van der Waals surface area (Å²) >= 11 is 0. The SMILES string of the molecule is C=CCOc1c(C(C)(C)C)cc(OC)cc1[Si](CC)(CC)C1c2cc(C(C)(C)C)ccc2-c2ccc(C(C)(C)C)cc21. The van der Waals surface area contributed by atoms with Gasteiger partial charge >= 0.3 is 0 Å². The van der Waals surface area contributed by atoms with Gasteiger partial charge in [0.1, 0.15) is 26.2 Å². The van der Waals surface area contributed by atoms with Gasteiger partial charge in [0.05, 0.1) is 7.11 Å². The molecular formula is C39H54O2Si. The van der Waals surface area contributed by atoms with Crippen molar-refractivity contribution in [1.82, 2.24) is 0 Å². The molecule has 1 aliphatic rings. The lowest BCUT2D eigenvalue weighted by atomic mass is 9.85. The van der Waals surface area contributed by atoms with Gasteiger partial charge in [-0.2, -0.15) is 0 Å². The van der Waals surface area contributed by atoms with Crippen molar-refractivity contribution in [2.75, 3.05) is 13.7 Å². The Bertz CT molecular complexity index is 1390. The van der Waals surface area contributed by atoms with Crippen molar-refractivity contribution in [2.24, 2.45) is 0 Å². The van der Waals surface area contributed by atoms with E-state index < -0.39 is 8.07 Å². The number of rotatable bonds is 8. The Labute approximate surface area is 257 Å². The Morgan fingerprint density at radius 3 is 1.62 bits per heavy atom. The lowest BCUT2D eigenvalue weighted by Gasteiger charge is -2.40. The predicted molar refractivity (Wildman–Crippen MR) is 185 cm³/mol. The van der Waals surface area contributed by atoms with Crippen LogP contribution in [0.3, 0.4) is 0 Å². The van der Waals surface area contributed by atoms with Crippen LogP contribution in [-0.4, -0.2) is 21.8 Å². The standard InChI is InChI=1S/C39H54O2Si/c1-14-21-41-35-33(39(10,11)12)24-28(40-13)25-34(35)42(15-2,16-3)36-31-22-26(37(4,5)6)17-19-29(31)30-20-18-27(23-32(30)36)38(7,8)9/h14,17-20,22-25,36H,1,15-16,21H2,2-13H3. The number of hydrogen-bond donors (Lipinski definition) is 0. The molecule has 1 aliphatic carbocycles. The van der Waals surface area contributed by atoms with Crippen LogP contribution in [0.2, 0.25) is 12.1 Å². The largest absolute Gasteiger partial charge is 0.497 e. The quantitative estimate of drug-likeness (QED) is 0.194. The fraction of sp³-hybridized carbons (Fsp3) is 0.487. The van der Waals surface area contributed by atoms with E-state index in [9.17, 15) is 0 Å². The third kappa shape index (κ3) is 5.62. The summed E-state index contributed by atoms with van der Waals surface area (Å²) in [6.45, 7) is 30.1. The fourth-order valence-electron chi connectivity index (χ4n) is 6.93. The second-order valence-electron chi connectivity index (χ2n) is 15.3. The topological polar surface area (TPSA) is 18.5 Å². The molecule has 3 aromatic rings. The van der Waals surface area contributed by atoms with Gasteiger partial charge in [0.2, 0.25) is 0 Å². The van der Waals surface area contributed by atoms with Gasteiger partial charge in [-0.1, -0.05) is 137 Å². The molecule has 0 atom stereocenters. The van der Waals surface area contributed by atoms with Crippen LogP contribution in [0.5, 0.6) is 11.5 Å². The Balaban J connectivity index is 2.16. The van der Waals surface area contributed by atoms with Gasteiger partial charge in [0.25, 0.3) is 0 Å². The molecule has 4 rings (SSSR count). The molecule has 3 aromatic carbocycles. The molecule has 0 aliphatic heterocycles. The maximum atomic E-state index is 6.71. The third-order valence-corrected chi connectivity index (χ3v) is 15.2. The maximum Gasteiger partial charge on any atom is 0.123 e. The van der Waals surface area contributed by atoms with Crippen molar-refractivity contribution in [3.05, 3.63) is 89.0 Å². The first-order valence-electron chi connectivity index (χ1n) is 15.8. The van der Waals surface area contributed by atoms with Crippen molar-refractivity contribution in [2.45, 2.75) is 110 Å². The molecule has 0 heterocycles. The fourth-order valence-corrected chi connectivity index (χ4v) is 12.1. The van der Waals surface area contributed by atoms with E-state index in [1.807, 2.05) is 6.08 Å². The molecule has 226 valence electrons. The van der Waals surface area contributed by atoms with Gasteiger partial charge in [-0.05, 0) is 66.9 Å². The van der Waals surface area contributed by atoms with E-state index in [0.717, 1.165) is 23.6 Å². The molecule has 0 saturated carbocycles. The summed E-state index contributed by atoms with van der Waals surface area (Å²) in [5, 5.41) is 1.38. The summed E-state index contributed by atoms with van der Waals surface area (Å²) < 4.78 is 12.7. The first-order chi connectivity index (χ1) is 19.5. The highest BCUT2D eigenvalue weighted by Gasteiger charge is 2.49. The molecule has 0 fully saturated rings. The van der Waals surface area contributed by atoms with Crippen molar-refractivity contribution in [1.29, 1.82) is 0 Å². The molecule has 0 N–H and O–H groups in total. The van der Waals surface area contributed by atoms with Gasteiger partial charge in [-0.3, -0.25) is 0 Å². The second-order valence-corrected chi connectivity index (χ2v) is 20.1. The third-order valence-electron chi connectivity index (χ3n) is 9.55. The molecule has 0 bridgehead atoms. The van der Waals surface area contributed by atoms with Gasteiger partial charge in [-0.15, -0.1) is 0 Å². The summed E-state index contributed by atoms with van der Waals surface area (Å²) in [5.74, 6) is 1.97. The number of hydrogen-bond acceptors (Lipinski definition) is 2. The molecule has 0 radical (unpaired) electrons. The van der Waals surface area contributed by atoms with Gasteiger partial charge in [0.15, 0.2) is 0 Å². The summed E-state index contributed by atoms with van der Waals surface area (Å²) in [4.78, 5) is 0. The lowest BCUT2D eigenvalue weighted by Crippen LogP contribution is -2.53. The molecule has 0 aromatic heterocycles. The minimum atomic E-state index is -2.34. The summed E-state index contributed by atoms with van der Waals surface area (Å²) in [7, 11) is -0.551. The Hall–Kier alpha value is -2.78. The highest BCUT2D eigenvalue weighted by molar-refractivity contribution is 6.94. The van der Waals surface area contributed by atoms with Crippen LogP contribution < -0.4 is 14.7 Å². The Morgan fingerprint density at radius 2 is 1.24 bits per heavy atom. The van der Waals surface area contributed by atoms with E-state index in [2.05, 4.69) is 131 Å². The highest BCUT2D eigenvalue weighted by atomic mass is 28.3. The molecule has 0 spiro atoms. The van der Waals surface area contributed by atoms with E-state index in [4.69, 9.17) is 9.47 Å². The number of ether oxygens (including phenoxy) is 2. The number of benzene rings is 3. The average Bonchev–Trinajstić information content (AvgIpc) is 3.25. The van der Waals surface area contributed by atoms with Crippen molar-refractivity contribution < 1.29 is 9.47 Å². The van der Waals surface area contributed by atoms with Gasteiger partial charge < -0.3 is 9.47 Å². The normalized spacial score (nSPS) is 14.0. The Morgan fingerprint density at radius 1 is 0.738 bits per heavy atom. The molecular weight excluding hydrogens is 529 g/mol. The molecule has 0 saturated heterocycles. The van der Waals surface area contributed by atoms with Crippen LogP contribution in [0.1, 0.15) is 110 Å². The summed E-state index contributed by atoms with van der Waals surface area (Å²) in [6.07, 6.45) is 1.87. The van der Waals surface area contributed by atoms with Gasteiger partial charge in [-0.25, -0.2) is 0 Å².